The second-order valence-electron chi connectivity index (χ2n) is 3.83. The van der Waals surface area contributed by atoms with Gasteiger partial charge in [0.1, 0.15) is 5.01 Å². The van der Waals surface area contributed by atoms with Gasteiger partial charge in [-0.2, -0.15) is 5.10 Å². The Labute approximate surface area is 106 Å². The number of nitrogens with zero attached hydrogens (tertiary/aromatic N) is 3. The molecule has 3 aromatic rings. The highest BCUT2D eigenvalue weighted by atomic mass is 32.1. The summed E-state index contributed by atoms with van der Waals surface area (Å²) in [6, 6.07) is 3.75. The summed E-state index contributed by atoms with van der Waals surface area (Å²) in [4.78, 5) is 5.11. The van der Waals surface area contributed by atoms with E-state index in [-0.39, 0.29) is 0 Å². The molecule has 1 aromatic carbocycles. The second-order valence-corrected chi connectivity index (χ2v) is 4.87. The number of imidazole rings is 1. The number of aryl methyl sites for hydroxylation is 1. The molecule has 3 nitrogen and oxygen atoms in total. The topological polar surface area (TPSA) is 30.2 Å². The third-order valence-electron chi connectivity index (χ3n) is 2.60. The summed E-state index contributed by atoms with van der Waals surface area (Å²) in [5.41, 5.74) is 1.14. The molecule has 0 aliphatic carbocycles. The fourth-order valence-corrected chi connectivity index (χ4v) is 2.49. The first-order valence-electron chi connectivity index (χ1n) is 5.48. The van der Waals surface area contributed by atoms with Gasteiger partial charge in [-0.15, -0.1) is 0 Å². The summed E-state index contributed by atoms with van der Waals surface area (Å²) in [6.07, 6.45) is 2.58. The first-order chi connectivity index (χ1) is 8.67. The normalized spacial score (nSPS) is 11.3. The van der Waals surface area contributed by atoms with Crippen LogP contribution >= 0.6 is 11.3 Å². The number of fused-ring (bicyclic) bond motifs is 1. The minimum atomic E-state index is -0.869. The zero-order valence-corrected chi connectivity index (χ0v) is 10.3. The summed E-state index contributed by atoms with van der Waals surface area (Å²) in [5.74, 6) is -1.72. The van der Waals surface area contributed by atoms with Gasteiger partial charge in [-0.05, 0) is 24.6 Å². The van der Waals surface area contributed by atoms with Crippen LogP contribution in [0.4, 0.5) is 8.78 Å². The van der Waals surface area contributed by atoms with Gasteiger partial charge >= 0.3 is 0 Å². The molecule has 92 valence electrons. The summed E-state index contributed by atoms with van der Waals surface area (Å²) in [5, 5.41) is 5.32. The molecule has 0 fully saturated rings. The van der Waals surface area contributed by atoms with E-state index in [1.165, 1.54) is 17.4 Å². The van der Waals surface area contributed by atoms with E-state index >= 15 is 0 Å². The van der Waals surface area contributed by atoms with Crippen LogP contribution in [0.2, 0.25) is 0 Å². The lowest BCUT2D eigenvalue weighted by Gasteiger charge is -1.97. The SMILES string of the molecule is CCc1nn2cc(-c3ccc(F)c(F)c3)nc2s1. The van der Waals surface area contributed by atoms with E-state index in [1.807, 2.05) is 6.92 Å². The minimum Gasteiger partial charge on any atom is -0.217 e. The van der Waals surface area contributed by atoms with Crippen LogP contribution in [-0.2, 0) is 6.42 Å². The van der Waals surface area contributed by atoms with E-state index < -0.39 is 11.6 Å². The van der Waals surface area contributed by atoms with E-state index in [0.717, 1.165) is 28.5 Å². The quantitative estimate of drug-likeness (QED) is 0.711. The highest BCUT2D eigenvalue weighted by Gasteiger charge is 2.10. The van der Waals surface area contributed by atoms with Crippen LogP contribution in [-0.4, -0.2) is 14.6 Å². The summed E-state index contributed by atoms with van der Waals surface area (Å²) in [7, 11) is 0. The van der Waals surface area contributed by atoms with Crippen molar-refractivity contribution in [1.29, 1.82) is 0 Å². The van der Waals surface area contributed by atoms with Gasteiger partial charge in [0.25, 0.3) is 0 Å². The summed E-state index contributed by atoms with van der Waals surface area (Å²) in [6.45, 7) is 2.02. The predicted molar refractivity (Wildman–Crippen MR) is 65.6 cm³/mol. The van der Waals surface area contributed by atoms with E-state index in [2.05, 4.69) is 10.1 Å². The third-order valence-corrected chi connectivity index (χ3v) is 3.67. The molecule has 0 radical (unpaired) electrons. The van der Waals surface area contributed by atoms with Crippen molar-refractivity contribution in [2.45, 2.75) is 13.3 Å². The van der Waals surface area contributed by atoms with Crippen LogP contribution in [0, 0.1) is 11.6 Å². The van der Waals surface area contributed by atoms with Crippen molar-refractivity contribution in [2.24, 2.45) is 0 Å². The zero-order chi connectivity index (χ0) is 12.7. The van der Waals surface area contributed by atoms with Crippen molar-refractivity contribution in [1.82, 2.24) is 14.6 Å². The van der Waals surface area contributed by atoms with E-state index in [1.54, 1.807) is 10.7 Å². The average Bonchev–Trinajstić information content (AvgIpc) is 2.90. The van der Waals surface area contributed by atoms with Crippen molar-refractivity contribution >= 4 is 16.3 Å². The number of halogens is 2. The molecule has 0 amide bonds. The summed E-state index contributed by atoms with van der Waals surface area (Å²) < 4.78 is 27.7. The lowest BCUT2D eigenvalue weighted by molar-refractivity contribution is 0.509. The first-order valence-corrected chi connectivity index (χ1v) is 6.29. The van der Waals surface area contributed by atoms with Crippen molar-refractivity contribution < 1.29 is 8.78 Å². The Morgan fingerprint density at radius 1 is 1.28 bits per heavy atom. The first kappa shape index (κ1) is 11.3. The third kappa shape index (κ3) is 1.78. The molecular weight excluding hydrogens is 256 g/mol. The Kier molecular flexibility index (Phi) is 2.59. The molecule has 2 heterocycles. The number of benzene rings is 1. The fraction of sp³-hybridized carbons (Fsp3) is 0.167. The molecule has 0 bridgehead atoms. The maximum atomic E-state index is 13.1. The van der Waals surface area contributed by atoms with Gasteiger partial charge in [-0.25, -0.2) is 18.3 Å². The van der Waals surface area contributed by atoms with E-state index in [4.69, 9.17) is 0 Å². The Morgan fingerprint density at radius 3 is 2.78 bits per heavy atom. The molecule has 3 rings (SSSR count). The molecule has 0 unspecified atom stereocenters. The molecule has 6 heteroatoms. The maximum absolute atomic E-state index is 13.1. The predicted octanol–water partition coefficient (Wildman–Crippen LogP) is 3.30. The molecule has 0 saturated heterocycles. The lowest BCUT2D eigenvalue weighted by atomic mass is 10.1. The molecule has 0 aliphatic heterocycles. The Balaban J connectivity index is 2.07. The lowest BCUT2D eigenvalue weighted by Crippen LogP contribution is -1.86. The van der Waals surface area contributed by atoms with Crippen LogP contribution in [0.5, 0.6) is 0 Å². The molecule has 2 aromatic heterocycles. The standard InChI is InChI=1S/C12H9F2N3S/c1-2-11-16-17-6-10(15-12(17)18-11)7-3-4-8(13)9(14)5-7/h3-6H,2H2,1H3. The van der Waals surface area contributed by atoms with Gasteiger partial charge in [0, 0.05) is 5.56 Å². The molecule has 0 aliphatic rings. The van der Waals surface area contributed by atoms with Gasteiger partial charge in [0.15, 0.2) is 11.6 Å². The molecular formula is C12H9F2N3S. The van der Waals surface area contributed by atoms with Gasteiger partial charge < -0.3 is 0 Å². The van der Waals surface area contributed by atoms with Crippen molar-refractivity contribution in [3.8, 4) is 11.3 Å². The highest BCUT2D eigenvalue weighted by molar-refractivity contribution is 7.16. The Bertz CT molecular complexity index is 686. The molecule has 18 heavy (non-hydrogen) atoms. The van der Waals surface area contributed by atoms with Gasteiger partial charge in [-0.1, -0.05) is 18.3 Å². The van der Waals surface area contributed by atoms with Crippen LogP contribution in [0.3, 0.4) is 0 Å². The average molecular weight is 265 g/mol. The van der Waals surface area contributed by atoms with Crippen LogP contribution in [0.25, 0.3) is 16.2 Å². The monoisotopic (exact) mass is 265 g/mol. The number of rotatable bonds is 2. The number of hydrogen-bond acceptors (Lipinski definition) is 3. The minimum absolute atomic E-state index is 0.546. The molecule has 0 atom stereocenters. The van der Waals surface area contributed by atoms with Gasteiger partial charge in [0.05, 0.1) is 11.9 Å². The fourth-order valence-electron chi connectivity index (χ4n) is 1.68. The van der Waals surface area contributed by atoms with Crippen LogP contribution in [0.1, 0.15) is 11.9 Å². The summed E-state index contributed by atoms with van der Waals surface area (Å²) >= 11 is 1.49. The largest absolute Gasteiger partial charge is 0.217 e. The Hall–Kier alpha value is -1.82. The zero-order valence-electron chi connectivity index (χ0n) is 9.52. The smallest absolute Gasteiger partial charge is 0.212 e. The molecule has 0 N–H and O–H groups in total. The van der Waals surface area contributed by atoms with Crippen molar-refractivity contribution in [3.05, 3.63) is 41.0 Å². The Morgan fingerprint density at radius 2 is 2.11 bits per heavy atom. The number of aromatic nitrogens is 3. The maximum Gasteiger partial charge on any atom is 0.212 e. The van der Waals surface area contributed by atoms with E-state index in [9.17, 15) is 8.78 Å². The van der Waals surface area contributed by atoms with Gasteiger partial charge in [-0.3, -0.25) is 0 Å². The van der Waals surface area contributed by atoms with Crippen LogP contribution in [0.15, 0.2) is 24.4 Å². The molecule has 0 saturated carbocycles. The molecule has 0 spiro atoms. The highest BCUT2D eigenvalue weighted by Crippen LogP contribution is 2.23. The number of hydrogen-bond donors (Lipinski definition) is 0. The second kappa shape index (κ2) is 4.13. The van der Waals surface area contributed by atoms with Crippen LogP contribution < -0.4 is 0 Å². The van der Waals surface area contributed by atoms with E-state index in [0.29, 0.717) is 11.3 Å². The van der Waals surface area contributed by atoms with Gasteiger partial charge in [0.2, 0.25) is 4.96 Å². The van der Waals surface area contributed by atoms with Crippen molar-refractivity contribution in [3.63, 3.8) is 0 Å². The van der Waals surface area contributed by atoms with Crippen molar-refractivity contribution in [2.75, 3.05) is 0 Å².